The van der Waals surface area contributed by atoms with E-state index in [9.17, 15) is 9.18 Å². The van der Waals surface area contributed by atoms with Gasteiger partial charge in [-0.1, -0.05) is 36.7 Å². The van der Waals surface area contributed by atoms with Crippen molar-refractivity contribution in [1.29, 1.82) is 0 Å². The first-order valence-corrected chi connectivity index (χ1v) is 6.93. The number of carbonyl (C=O) groups is 1. The molecule has 1 N–H and O–H groups in total. The van der Waals surface area contributed by atoms with Crippen LogP contribution in [0.3, 0.4) is 0 Å². The summed E-state index contributed by atoms with van der Waals surface area (Å²) in [5, 5.41) is 2.72. The first kappa shape index (κ1) is 15.3. The largest absolute Gasteiger partial charge is 0.483 e. The molecule has 0 spiro atoms. The van der Waals surface area contributed by atoms with E-state index < -0.39 is 11.7 Å². The highest BCUT2D eigenvalue weighted by Gasteiger charge is 2.09. The number of nitrogens with one attached hydrogen (secondary N) is 1. The van der Waals surface area contributed by atoms with Crippen LogP contribution in [0.5, 0.6) is 5.75 Å². The van der Waals surface area contributed by atoms with E-state index in [0.29, 0.717) is 5.75 Å². The molecule has 2 aromatic rings. The SMILES string of the molecule is CCc1ccccc1OCC(=O)Nc1ccc(Cl)cc1F. The van der Waals surface area contributed by atoms with E-state index in [1.165, 1.54) is 12.1 Å². The van der Waals surface area contributed by atoms with Crippen molar-refractivity contribution in [3.05, 3.63) is 58.9 Å². The normalized spacial score (nSPS) is 10.2. The fourth-order valence-electron chi connectivity index (χ4n) is 1.86. The summed E-state index contributed by atoms with van der Waals surface area (Å²) in [4.78, 5) is 11.8. The maximum atomic E-state index is 13.6. The van der Waals surface area contributed by atoms with Crippen LogP contribution in [0, 0.1) is 5.82 Å². The van der Waals surface area contributed by atoms with Crippen LogP contribution >= 0.6 is 11.6 Å². The second-order valence-electron chi connectivity index (χ2n) is 4.42. The van der Waals surface area contributed by atoms with Gasteiger partial charge in [-0.2, -0.15) is 0 Å². The Morgan fingerprint density at radius 2 is 2.05 bits per heavy atom. The Hall–Kier alpha value is -2.07. The highest BCUT2D eigenvalue weighted by atomic mass is 35.5. The molecule has 0 saturated carbocycles. The highest BCUT2D eigenvalue weighted by molar-refractivity contribution is 6.30. The minimum Gasteiger partial charge on any atom is -0.483 e. The van der Waals surface area contributed by atoms with Crippen molar-refractivity contribution in [3.63, 3.8) is 0 Å². The molecule has 0 aliphatic carbocycles. The number of amides is 1. The summed E-state index contributed by atoms with van der Waals surface area (Å²) in [7, 11) is 0. The number of benzene rings is 2. The molecule has 21 heavy (non-hydrogen) atoms. The summed E-state index contributed by atoms with van der Waals surface area (Å²) in [6.45, 7) is 1.82. The van der Waals surface area contributed by atoms with Gasteiger partial charge in [-0.15, -0.1) is 0 Å². The molecule has 110 valence electrons. The van der Waals surface area contributed by atoms with Gasteiger partial charge in [0.1, 0.15) is 11.6 Å². The third-order valence-electron chi connectivity index (χ3n) is 2.92. The summed E-state index contributed by atoms with van der Waals surface area (Å²) in [5.74, 6) is -0.348. The molecule has 0 bridgehead atoms. The number of halogens is 2. The Balaban J connectivity index is 1.96. The molecule has 0 aliphatic heterocycles. The molecule has 2 rings (SSSR count). The number of ether oxygens (including phenoxy) is 1. The van der Waals surface area contributed by atoms with Crippen LogP contribution in [0.25, 0.3) is 0 Å². The second-order valence-corrected chi connectivity index (χ2v) is 4.86. The fourth-order valence-corrected chi connectivity index (χ4v) is 2.02. The summed E-state index contributed by atoms with van der Waals surface area (Å²) in [6, 6.07) is 11.6. The number of para-hydroxylation sites is 1. The van der Waals surface area contributed by atoms with Crippen molar-refractivity contribution in [2.75, 3.05) is 11.9 Å². The summed E-state index contributed by atoms with van der Waals surface area (Å²) in [6.07, 6.45) is 0.809. The van der Waals surface area contributed by atoms with Crippen LogP contribution in [-0.4, -0.2) is 12.5 Å². The van der Waals surface area contributed by atoms with E-state index in [4.69, 9.17) is 16.3 Å². The van der Waals surface area contributed by atoms with Crippen LogP contribution in [0.2, 0.25) is 5.02 Å². The molecular formula is C16H15ClFNO2. The number of hydrogen-bond acceptors (Lipinski definition) is 2. The molecule has 0 aromatic heterocycles. The van der Waals surface area contributed by atoms with Gasteiger partial charge in [-0.05, 0) is 36.2 Å². The zero-order chi connectivity index (χ0) is 15.2. The minimum atomic E-state index is -0.579. The van der Waals surface area contributed by atoms with Gasteiger partial charge in [-0.25, -0.2) is 4.39 Å². The third-order valence-corrected chi connectivity index (χ3v) is 3.15. The van der Waals surface area contributed by atoms with Gasteiger partial charge in [0.2, 0.25) is 0 Å². The Morgan fingerprint density at radius 1 is 1.29 bits per heavy atom. The zero-order valence-electron chi connectivity index (χ0n) is 11.5. The maximum Gasteiger partial charge on any atom is 0.262 e. The third kappa shape index (κ3) is 4.20. The standard InChI is InChI=1S/C16H15ClFNO2/c1-2-11-5-3-4-6-15(11)21-10-16(20)19-14-8-7-12(17)9-13(14)18/h3-9H,2,10H2,1H3,(H,19,20). The van der Waals surface area contributed by atoms with Gasteiger partial charge in [0.05, 0.1) is 5.69 Å². The molecule has 0 heterocycles. The van der Waals surface area contributed by atoms with Crippen molar-refractivity contribution in [2.24, 2.45) is 0 Å². The molecule has 3 nitrogen and oxygen atoms in total. The molecule has 0 aliphatic rings. The molecule has 0 radical (unpaired) electrons. The Morgan fingerprint density at radius 3 is 2.76 bits per heavy atom. The predicted octanol–water partition coefficient (Wildman–Crippen LogP) is 4.06. The van der Waals surface area contributed by atoms with Gasteiger partial charge < -0.3 is 10.1 Å². The van der Waals surface area contributed by atoms with Gasteiger partial charge in [0.25, 0.3) is 5.91 Å². The number of aryl methyl sites for hydroxylation is 1. The first-order valence-electron chi connectivity index (χ1n) is 6.55. The lowest BCUT2D eigenvalue weighted by molar-refractivity contribution is -0.118. The fraction of sp³-hybridized carbons (Fsp3) is 0.188. The van der Waals surface area contributed by atoms with Crippen LogP contribution in [-0.2, 0) is 11.2 Å². The Bertz CT molecular complexity index is 646. The van der Waals surface area contributed by atoms with Crippen molar-refractivity contribution in [1.82, 2.24) is 0 Å². The van der Waals surface area contributed by atoms with Crippen LogP contribution in [0.4, 0.5) is 10.1 Å². The first-order chi connectivity index (χ1) is 10.1. The van der Waals surface area contributed by atoms with E-state index in [2.05, 4.69) is 5.32 Å². The van der Waals surface area contributed by atoms with Crippen LogP contribution in [0.15, 0.2) is 42.5 Å². The topological polar surface area (TPSA) is 38.3 Å². The Labute approximate surface area is 127 Å². The van der Waals surface area contributed by atoms with Gasteiger partial charge in [-0.3, -0.25) is 4.79 Å². The number of anilines is 1. The molecule has 2 aromatic carbocycles. The summed E-state index contributed by atoms with van der Waals surface area (Å²) in [5.41, 5.74) is 1.10. The Kier molecular flexibility index (Phi) is 5.17. The second kappa shape index (κ2) is 7.09. The van der Waals surface area contributed by atoms with Crippen molar-refractivity contribution < 1.29 is 13.9 Å². The maximum absolute atomic E-state index is 13.6. The van der Waals surface area contributed by atoms with E-state index >= 15 is 0 Å². The number of hydrogen-bond donors (Lipinski definition) is 1. The average Bonchev–Trinajstić information content (AvgIpc) is 2.48. The zero-order valence-corrected chi connectivity index (χ0v) is 12.3. The van der Waals surface area contributed by atoms with E-state index in [1.807, 2.05) is 25.1 Å². The van der Waals surface area contributed by atoms with E-state index in [0.717, 1.165) is 18.1 Å². The lowest BCUT2D eigenvalue weighted by Gasteiger charge is -2.11. The summed E-state index contributed by atoms with van der Waals surface area (Å²) >= 11 is 5.65. The molecule has 1 amide bonds. The lowest BCUT2D eigenvalue weighted by atomic mass is 10.1. The molecule has 0 saturated heterocycles. The van der Waals surface area contributed by atoms with Gasteiger partial charge in [0.15, 0.2) is 6.61 Å². The molecular weight excluding hydrogens is 293 g/mol. The lowest BCUT2D eigenvalue weighted by Crippen LogP contribution is -2.21. The van der Waals surface area contributed by atoms with Crippen molar-refractivity contribution in [2.45, 2.75) is 13.3 Å². The van der Waals surface area contributed by atoms with Crippen molar-refractivity contribution >= 4 is 23.2 Å². The summed E-state index contributed by atoms with van der Waals surface area (Å²) < 4.78 is 19.0. The number of rotatable bonds is 5. The molecule has 0 unspecified atom stereocenters. The highest BCUT2D eigenvalue weighted by Crippen LogP contribution is 2.20. The molecule has 0 fully saturated rings. The average molecular weight is 308 g/mol. The van der Waals surface area contributed by atoms with Crippen LogP contribution < -0.4 is 10.1 Å². The molecule has 0 atom stereocenters. The van der Waals surface area contributed by atoms with E-state index in [1.54, 1.807) is 6.07 Å². The van der Waals surface area contributed by atoms with Crippen molar-refractivity contribution in [3.8, 4) is 5.75 Å². The smallest absolute Gasteiger partial charge is 0.262 e. The molecule has 5 heteroatoms. The quantitative estimate of drug-likeness (QED) is 0.904. The van der Waals surface area contributed by atoms with E-state index in [-0.39, 0.29) is 17.3 Å². The monoisotopic (exact) mass is 307 g/mol. The van der Waals surface area contributed by atoms with Crippen LogP contribution in [0.1, 0.15) is 12.5 Å². The predicted molar refractivity (Wildman–Crippen MR) is 81.4 cm³/mol. The number of carbonyl (C=O) groups excluding carboxylic acids is 1. The van der Waals surface area contributed by atoms with Gasteiger partial charge in [0, 0.05) is 5.02 Å². The van der Waals surface area contributed by atoms with Gasteiger partial charge >= 0.3 is 0 Å². The minimum absolute atomic E-state index is 0.0803.